The zero-order chi connectivity index (χ0) is 12.8. The van der Waals surface area contributed by atoms with Gasteiger partial charge in [0, 0.05) is 26.7 Å². The lowest BCUT2D eigenvalue weighted by Crippen LogP contribution is -2.39. The van der Waals surface area contributed by atoms with E-state index in [-0.39, 0.29) is 0 Å². The molecule has 0 heterocycles. The highest BCUT2D eigenvalue weighted by atomic mass is 16.5. The van der Waals surface area contributed by atoms with Crippen LogP contribution in [0, 0.1) is 0 Å². The first-order valence-electron chi connectivity index (χ1n) is 6.87. The lowest BCUT2D eigenvalue weighted by atomic mass is 10.2. The van der Waals surface area contributed by atoms with Crippen LogP contribution in [0.5, 0.6) is 0 Å². The number of rotatable bonds is 10. The highest BCUT2D eigenvalue weighted by Crippen LogP contribution is 1.90. The molecular weight excluding hydrogens is 214 g/mol. The van der Waals surface area contributed by atoms with Crippen molar-refractivity contribution in [1.82, 2.24) is 10.6 Å². The summed E-state index contributed by atoms with van der Waals surface area (Å²) in [5, 5.41) is 6.53. The molecule has 0 saturated heterocycles. The van der Waals surface area contributed by atoms with E-state index in [0.717, 1.165) is 38.7 Å². The van der Waals surface area contributed by atoms with Gasteiger partial charge in [-0.2, -0.15) is 0 Å². The van der Waals surface area contributed by atoms with Crippen LogP contribution in [-0.2, 0) is 4.74 Å². The van der Waals surface area contributed by atoms with Crippen LogP contribution < -0.4 is 10.6 Å². The molecule has 0 fully saturated rings. The van der Waals surface area contributed by atoms with Gasteiger partial charge in [0.1, 0.15) is 0 Å². The summed E-state index contributed by atoms with van der Waals surface area (Å²) < 4.78 is 5.47. The molecule has 0 amide bonds. The number of ether oxygens (including phenoxy) is 1. The Bertz CT molecular complexity index is 184. The molecule has 2 N–H and O–H groups in total. The summed E-state index contributed by atoms with van der Waals surface area (Å²) >= 11 is 0. The third kappa shape index (κ3) is 11.5. The number of nitrogens with one attached hydrogen (secondary N) is 2. The maximum Gasteiger partial charge on any atom is 0.191 e. The first-order valence-corrected chi connectivity index (χ1v) is 6.87. The molecule has 0 aromatic carbocycles. The Morgan fingerprint density at radius 3 is 2.29 bits per heavy atom. The quantitative estimate of drug-likeness (QED) is 0.351. The molecule has 4 heteroatoms. The fraction of sp³-hybridized carbons (Fsp3) is 0.923. The van der Waals surface area contributed by atoms with Crippen LogP contribution in [0.25, 0.3) is 0 Å². The second-order valence-corrected chi connectivity index (χ2v) is 4.10. The van der Waals surface area contributed by atoms with E-state index in [1.54, 1.807) is 7.05 Å². The second-order valence-electron chi connectivity index (χ2n) is 4.10. The summed E-state index contributed by atoms with van der Waals surface area (Å²) in [6.45, 7) is 7.79. The van der Waals surface area contributed by atoms with E-state index in [1.807, 2.05) is 0 Å². The Balaban J connectivity index is 3.36. The number of aliphatic imine (C=N–C) groups is 1. The molecule has 0 aromatic heterocycles. The Morgan fingerprint density at radius 2 is 1.65 bits per heavy atom. The minimum absolute atomic E-state index is 0.746. The van der Waals surface area contributed by atoms with Crippen LogP contribution in [0.3, 0.4) is 0 Å². The Hall–Kier alpha value is -0.770. The Kier molecular flexibility index (Phi) is 12.7. The summed E-state index contributed by atoms with van der Waals surface area (Å²) in [6, 6.07) is 0. The third-order valence-corrected chi connectivity index (χ3v) is 2.48. The molecule has 0 spiro atoms. The predicted molar refractivity (Wildman–Crippen MR) is 74.6 cm³/mol. The monoisotopic (exact) mass is 243 g/mol. The van der Waals surface area contributed by atoms with Crippen molar-refractivity contribution < 1.29 is 4.74 Å². The van der Waals surface area contributed by atoms with Gasteiger partial charge in [-0.05, 0) is 12.8 Å². The van der Waals surface area contributed by atoms with Gasteiger partial charge in [0.2, 0.25) is 0 Å². The molecule has 4 nitrogen and oxygen atoms in total. The molecular formula is C13H29N3O. The van der Waals surface area contributed by atoms with Gasteiger partial charge >= 0.3 is 0 Å². The van der Waals surface area contributed by atoms with Gasteiger partial charge in [0.05, 0.1) is 6.61 Å². The van der Waals surface area contributed by atoms with Gasteiger partial charge in [-0.1, -0.05) is 33.1 Å². The molecule has 102 valence electrons. The van der Waals surface area contributed by atoms with Gasteiger partial charge in [-0.3, -0.25) is 4.99 Å². The van der Waals surface area contributed by atoms with E-state index < -0.39 is 0 Å². The highest BCUT2D eigenvalue weighted by molar-refractivity contribution is 5.79. The van der Waals surface area contributed by atoms with Crippen molar-refractivity contribution in [3.8, 4) is 0 Å². The smallest absolute Gasteiger partial charge is 0.191 e. The average molecular weight is 243 g/mol. The standard InChI is InChI=1S/C13H29N3O/c1-4-6-8-9-15-13(14-3)16-10-12-17-11-7-5-2/h4-12H2,1-3H3,(H2,14,15,16). The first-order chi connectivity index (χ1) is 8.35. The molecule has 0 rings (SSSR count). The molecule has 0 aliphatic carbocycles. The number of unbranched alkanes of at least 4 members (excludes halogenated alkanes) is 3. The maximum absolute atomic E-state index is 5.47. The van der Waals surface area contributed by atoms with E-state index in [9.17, 15) is 0 Å². The van der Waals surface area contributed by atoms with Gasteiger partial charge in [-0.15, -0.1) is 0 Å². The highest BCUT2D eigenvalue weighted by Gasteiger charge is 1.95. The van der Waals surface area contributed by atoms with Crippen molar-refractivity contribution >= 4 is 5.96 Å². The molecule has 0 aliphatic heterocycles. The number of guanidine groups is 1. The van der Waals surface area contributed by atoms with Crippen molar-refractivity contribution in [2.75, 3.05) is 33.4 Å². The molecule has 0 aromatic rings. The molecule has 0 unspecified atom stereocenters. The van der Waals surface area contributed by atoms with Gasteiger partial charge in [0.15, 0.2) is 5.96 Å². The lowest BCUT2D eigenvalue weighted by Gasteiger charge is -2.11. The fourth-order valence-electron chi connectivity index (χ4n) is 1.39. The zero-order valence-corrected chi connectivity index (χ0v) is 11.7. The van der Waals surface area contributed by atoms with E-state index in [0.29, 0.717) is 0 Å². The topological polar surface area (TPSA) is 45.7 Å². The third-order valence-electron chi connectivity index (χ3n) is 2.48. The predicted octanol–water partition coefficient (Wildman–Crippen LogP) is 2.16. The van der Waals surface area contributed by atoms with Crippen LogP contribution in [0.2, 0.25) is 0 Å². The van der Waals surface area contributed by atoms with E-state index >= 15 is 0 Å². The maximum atomic E-state index is 5.47. The van der Waals surface area contributed by atoms with E-state index in [1.165, 1.54) is 25.7 Å². The minimum Gasteiger partial charge on any atom is -0.380 e. The second kappa shape index (κ2) is 13.3. The van der Waals surface area contributed by atoms with Crippen LogP contribution in [0.1, 0.15) is 46.0 Å². The number of nitrogens with zero attached hydrogens (tertiary/aromatic N) is 1. The zero-order valence-electron chi connectivity index (χ0n) is 11.7. The van der Waals surface area contributed by atoms with Crippen LogP contribution in [0.15, 0.2) is 4.99 Å². The molecule has 0 atom stereocenters. The summed E-state index contributed by atoms with van der Waals surface area (Å²) in [5.74, 6) is 0.875. The van der Waals surface area contributed by atoms with Crippen LogP contribution in [-0.4, -0.2) is 39.3 Å². The van der Waals surface area contributed by atoms with Crippen molar-refractivity contribution in [1.29, 1.82) is 0 Å². The lowest BCUT2D eigenvalue weighted by molar-refractivity contribution is 0.136. The van der Waals surface area contributed by atoms with E-state index in [4.69, 9.17) is 4.74 Å². The number of hydrogen-bond donors (Lipinski definition) is 2. The van der Waals surface area contributed by atoms with Gasteiger partial charge in [0.25, 0.3) is 0 Å². The summed E-state index contributed by atoms with van der Waals surface area (Å²) in [4.78, 5) is 4.16. The van der Waals surface area contributed by atoms with Crippen molar-refractivity contribution in [2.45, 2.75) is 46.0 Å². The Labute approximate surface area is 106 Å². The molecule has 17 heavy (non-hydrogen) atoms. The summed E-state index contributed by atoms with van der Waals surface area (Å²) in [5.41, 5.74) is 0. The SMILES string of the molecule is CCCCCNC(=NC)NCCOCCCC. The van der Waals surface area contributed by atoms with Crippen LogP contribution in [0.4, 0.5) is 0 Å². The van der Waals surface area contributed by atoms with Crippen molar-refractivity contribution in [3.05, 3.63) is 0 Å². The molecule has 0 radical (unpaired) electrons. The van der Waals surface area contributed by atoms with Crippen LogP contribution >= 0.6 is 0 Å². The first kappa shape index (κ1) is 16.2. The summed E-state index contributed by atoms with van der Waals surface area (Å²) in [6.07, 6.45) is 6.05. The van der Waals surface area contributed by atoms with Gasteiger partial charge in [-0.25, -0.2) is 0 Å². The van der Waals surface area contributed by atoms with Crippen molar-refractivity contribution in [2.24, 2.45) is 4.99 Å². The fourth-order valence-corrected chi connectivity index (χ4v) is 1.39. The molecule has 0 saturated carbocycles. The Morgan fingerprint density at radius 1 is 0.941 bits per heavy atom. The van der Waals surface area contributed by atoms with E-state index in [2.05, 4.69) is 29.5 Å². The minimum atomic E-state index is 0.746. The molecule has 0 bridgehead atoms. The normalized spacial score (nSPS) is 11.6. The number of hydrogen-bond acceptors (Lipinski definition) is 2. The van der Waals surface area contributed by atoms with Crippen molar-refractivity contribution in [3.63, 3.8) is 0 Å². The van der Waals surface area contributed by atoms with Gasteiger partial charge < -0.3 is 15.4 Å². The summed E-state index contributed by atoms with van der Waals surface area (Å²) in [7, 11) is 1.80. The largest absolute Gasteiger partial charge is 0.380 e. The average Bonchev–Trinajstić information content (AvgIpc) is 2.36. The molecule has 0 aliphatic rings.